The molecule has 1 aliphatic rings. The second-order valence-electron chi connectivity index (χ2n) is 3.44. The first kappa shape index (κ1) is 14.9. The molecule has 1 saturated heterocycles. The van der Waals surface area contributed by atoms with Crippen molar-refractivity contribution in [1.82, 2.24) is 0 Å². The van der Waals surface area contributed by atoms with Crippen LogP contribution in [0.3, 0.4) is 0 Å². The molecule has 0 bridgehead atoms. The molecule has 18 heavy (non-hydrogen) atoms. The topological polar surface area (TPSA) is 99.0 Å². The van der Waals surface area contributed by atoms with Crippen LogP contribution in [0.2, 0.25) is 0 Å². The van der Waals surface area contributed by atoms with Crippen molar-refractivity contribution in [2.75, 3.05) is 13.2 Å². The Kier molecular flexibility index (Phi) is 4.68. The fourth-order valence-corrected chi connectivity index (χ4v) is 2.07. The molecule has 1 aliphatic heterocycles. The first-order valence-corrected chi connectivity index (χ1v) is 6.15. The third-order valence-electron chi connectivity index (χ3n) is 2.15. The minimum atomic E-state index is -3.86. The van der Waals surface area contributed by atoms with Crippen LogP contribution in [-0.2, 0) is 19.0 Å². The molecule has 0 N–H and O–H groups in total. The van der Waals surface area contributed by atoms with E-state index in [1.807, 2.05) is 0 Å². The lowest BCUT2D eigenvalue weighted by Gasteiger charge is -2.03. The Labute approximate surface area is 110 Å². The molecule has 1 aromatic rings. The molecular formula is C9H11NO6S2. The number of nitro groups is 1. The molecule has 2 rings (SSSR count). The normalized spacial score (nSPS) is 17.9. The van der Waals surface area contributed by atoms with Gasteiger partial charge >= 0.3 is 0 Å². The monoisotopic (exact) mass is 293 g/mol. The predicted molar refractivity (Wildman–Crippen MR) is 66.4 cm³/mol. The van der Waals surface area contributed by atoms with Gasteiger partial charge in [0.2, 0.25) is 0 Å². The molecule has 0 saturated carbocycles. The van der Waals surface area contributed by atoms with E-state index in [0.29, 0.717) is 6.61 Å². The zero-order chi connectivity index (χ0) is 12.5. The van der Waals surface area contributed by atoms with E-state index in [-0.39, 0.29) is 36.8 Å². The fraction of sp³-hybridized carbons (Fsp3) is 0.333. The number of hydrogen-bond donors (Lipinski definition) is 0. The second kappa shape index (κ2) is 5.65. The molecule has 7 nitrogen and oxygen atoms in total. The van der Waals surface area contributed by atoms with E-state index in [4.69, 9.17) is 8.92 Å². The van der Waals surface area contributed by atoms with Gasteiger partial charge in [-0.1, -0.05) is 0 Å². The van der Waals surface area contributed by atoms with E-state index >= 15 is 0 Å². The standard InChI is InChI=1S/C9H9NO6S.H2S/c11-10(12)7-1-3-9(4-2-7)17(13,14)16-6-8-5-15-8;/h1-4,8H,5-6H2;1H2/t8-;/m0./s1. The predicted octanol–water partition coefficient (Wildman–Crippen LogP) is 0.812. The van der Waals surface area contributed by atoms with Crippen molar-refractivity contribution in [3.8, 4) is 0 Å². The molecule has 100 valence electrons. The Morgan fingerprint density at radius 1 is 1.39 bits per heavy atom. The molecule has 1 heterocycles. The summed E-state index contributed by atoms with van der Waals surface area (Å²) in [6.45, 7) is 0.467. The van der Waals surface area contributed by atoms with Crippen LogP contribution in [0.1, 0.15) is 0 Å². The quantitative estimate of drug-likeness (QED) is 0.345. The van der Waals surface area contributed by atoms with Gasteiger partial charge in [0.15, 0.2) is 0 Å². The molecule has 0 aromatic heterocycles. The van der Waals surface area contributed by atoms with Gasteiger partial charge in [0, 0.05) is 12.1 Å². The van der Waals surface area contributed by atoms with Gasteiger partial charge in [-0.15, -0.1) is 0 Å². The molecule has 1 fully saturated rings. The summed E-state index contributed by atoms with van der Waals surface area (Å²) in [7, 11) is -3.86. The maximum Gasteiger partial charge on any atom is 0.297 e. The SMILES string of the molecule is O=[N+]([O-])c1ccc(S(=O)(=O)OC[C@@H]2CO2)cc1.S. The second-order valence-corrected chi connectivity index (χ2v) is 5.06. The van der Waals surface area contributed by atoms with Gasteiger partial charge in [0.1, 0.15) is 6.10 Å². The van der Waals surface area contributed by atoms with E-state index in [0.717, 1.165) is 24.3 Å². The first-order chi connectivity index (χ1) is 7.99. The van der Waals surface area contributed by atoms with Crippen molar-refractivity contribution in [1.29, 1.82) is 0 Å². The zero-order valence-corrected chi connectivity index (χ0v) is 10.9. The highest BCUT2D eigenvalue weighted by Gasteiger charge is 2.26. The highest BCUT2D eigenvalue weighted by molar-refractivity contribution is 7.86. The van der Waals surface area contributed by atoms with Crippen LogP contribution in [0, 0.1) is 10.1 Å². The Hall–Kier alpha value is -1.16. The number of non-ortho nitro benzene ring substituents is 1. The first-order valence-electron chi connectivity index (χ1n) is 4.74. The third kappa shape index (κ3) is 3.67. The number of ether oxygens (including phenoxy) is 1. The summed E-state index contributed by atoms with van der Waals surface area (Å²) in [5, 5.41) is 10.4. The van der Waals surface area contributed by atoms with Gasteiger partial charge in [0.25, 0.3) is 15.8 Å². The highest BCUT2D eigenvalue weighted by atomic mass is 32.2. The van der Waals surface area contributed by atoms with Crippen molar-refractivity contribution in [2.45, 2.75) is 11.0 Å². The van der Waals surface area contributed by atoms with Gasteiger partial charge in [-0.3, -0.25) is 14.3 Å². The van der Waals surface area contributed by atoms with Crippen LogP contribution in [0.15, 0.2) is 29.2 Å². The van der Waals surface area contributed by atoms with Gasteiger partial charge in [-0.25, -0.2) is 0 Å². The third-order valence-corrected chi connectivity index (χ3v) is 3.44. The van der Waals surface area contributed by atoms with Crippen molar-refractivity contribution < 1.29 is 22.3 Å². The van der Waals surface area contributed by atoms with Gasteiger partial charge in [0.05, 0.1) is 23.0 Å². The smallest absolute Gasteiger partial charge is 0.297 e. The highest BCUT2D eigenvalue weighted by Crippen LogP contribution is 2.19. The molecule has 1 atom stereocenters. The number of rotatable bonds is 5. The molecule has 1 aromatic carbocycles. The molecule has 0 aliphatic carbocycles. The molecule has 0 unspecified atom stereocenters. The van der Waals surface area contributed by atoms with Crippen molar-refractivity contribution in [3.63, 3.8) is 0 Å². The van der Waals surface area contributed by atoms with E-state index < -0.39 is 15.0 Å². The minimum absolute atomic E-state index is 0. The number of hydrogen-bond acceptors (Lipinski definition) is 6. The average Bonchev–Trinajstić information content (AvgIpc) is 3.10. The molecule has 9 heteroatoms. The Morgan fingerprint density at radius 2 is 1.94 bits per heavy atom. The molecule has 0 amide bonds. The minimum Gasteiger partial charge on any atom is -0.371 e. The van der Waals surface area contributed by atoms with Crippen LogP contribution in [-0.4, -0.2) is 32.7 Å². The molecule has 0 spiro atoms. The summed E-state index contributed by atoms with van der Waals surface area (Å²) in [6.07, 6.45) is -0.164. The Morgan fingerprint density at radius 3 is 2.39 bits per heavy atom. The van der Waals surface area contributed by atoms with Crippen LogP contribution >= 0.6 is 13.5 Å². The zero-order valence-electron chi connectivity index (χ0n) is 9.11. The van der Waals surface area contributed by atoms with Crippen molar-refractivity contribution in [3.05, 3.63) is 34.4 Å². The summed E-state index contributed by atoms with van der Waals surface area (Å²) in [6, 6.07) is 4.51. The van der Waals surface area contributed by atoms with E-state index in [1.54, 1.807) is 0 Å². The Balaban J connectivity index is 0.00000162. The lowest BCUT2D eigenvalue weighted by molar-refractivity contribution is -0.384. The van der Waals surface area contributed by atoms with Gasteiger partial charge in [-0.2, -0.15) is 21.9 Å². The summed E-state index contributed by atoms with van der Waals surface area (Å²) in [5.74, 6) is 0. The summed E-state index contributed by atoms with van der Waals surface area (Å²) in [5.41, 5.74) is -0.172. The summed E-state index contributed by atoms with van der Waals surface area (Å²) in [4.78, 5) is 9.68. The summed E-state index contributed by atoms with van der Waals surface area (Å²) >= 11 is 0. The van der Waals surface area contributed by atoms with Crippen molar-refractivity contribution >= 4 is 29.3 Å². The number of benzene rings is 1. The molecule has 0 radical (unpaired) electrons. The molecular weight excluding hydrogens is 282 g/mol. The maximum atomic E-state index is 11.6. The largest absolute Gasteiger partial charge is 0.371 e. The van der Waals surface area contributed by atoms with Crippen LogP contribution in [0.25, 0.3) is 0 Å². The van der Waals surface area contributed by atoms with Gasteiger partial charge in [-0.05, 0) is 12.1 Å². The van der Waals surface area contributed by atoms with Crippen LogP contribution in [0.5, 0.6) is 0 Å². The lowest BCUT2D eigenvalue weighted by atomic mass is 10.3. The number of epoxide rings is 1. The van der Waals surface area contributed by atoms with Gasteiger partial charge < -0.3 is 4.74 Å². The van der Waals surface area contributed by atoms with E-state index in [2.05, 4.69) is 0 Å². The maximum absolute atomic E-state index is 11.6. The lowest BCUT2D eigenvalue weighted by Crippen LogP contribution is -2.10. The number of nitro benzene ring substituents is 1. The Bertz CT molecular complexity index is 522. The van der Waals surface area contributed by atoms with E-state index in [9.17, 15) is 18.5 Å². The van der Waals surface area contributed by atoms with E-state index in [1.165, 1.54) is 0 Å². The summed E-state index contributed by atoms with van der Waals surface area (Å²) < 4.78 is 32.7. The van der Waals surface area contributed by atoms with Crippen LogP contribution < -0.4 is 0 Å². The fourth-order valence-electron chi connectivity index (χ4n) is 1.13. The average molecular weight is 293 g/mol. The van der Waals surface area contributed by atoms with Crippen molar-refractivity contribution in [2.24, 2.45) is 0 Å². The van der Waals surface area contributed by atoms with Crippen LogP contribution in [0.4, 0.5) is 5.69 Å². The number of nitrogens with zero attached hydrogens (tertiary/aromatic N) is 1.